The van der Waals surface area contributed by atoms with Gasteiger partial charge in [-0.25, -0.2) is 0 Å². The fourth-order valence-corrected chi connectivity index (χ4v) is 2.43. The molecule has 2 aromatic rings. The summed E-state index contributed by atoms with van der Waals surface area (Å²) in [4.78, 5) is 22.2. The van der Waals surface area contributed by atoms with Gasteiger partial charge in [0, 0.05) is 19.0 Å². The van der Waals surface area contributed by atoms with Crippen LogP contribution in [0.2, 0.25) is 0 Å². The number of carboxylic acids is 1. The second kappa shape index (κ2) is 11.4. The molecule has 0 saturated heterocycles. The molecule has 6 heteroatoms. The van der Waals surface area contributed by atoms with Gasteiger partial charge in [0.05, 0.1) is 6.61 Å². The average Bonchev–Trinajstić information content (AvgIpc) is 2.70. The van der Waals surface area contributed by atoms with E-state index in [1.54, 1.807) is 6.08 Å². The third-order valence-electron chi connectivity index (χ3n) is 3.80. The Morgan fingerprint density at radius 2 is 1.86 bits per heavy atom. The number of rotatable bonds is 11. The summed E-state index contributed by atoms with van der Waals surface area (Å²) in [5, 5.41) is 11.2. The van der Waals surface area contributed by atoms with Crippen molar-refractivity contribution < 1.29 is 24.2 Å². The van der Waals surface area contributed by atoms with Crippen LogP contribution in [0.1, 0.15) is 30.9 Å². The number of nitrogens with one attached hydrogen (secondary N) is 1. The number of benzene rings is 2. The number of hydrogen-bond donors (Lipinski definition) is 2. The van der Waals surface area contributed by atoms with Crippen LogP contribution < -0.4 is 14.8 Å². The molecule has 0 saturated carbocycles. The van der Waals surface area contributed by atoms with E-state index in [-0.39, 0.29) is 12.3 Å². The minimum absolute atomic E-state index is 0.0339. The van der Waals surface area contributed by atoms with E-state index in [1.165, 1.54) is 6.08 Å². The average molecular weight is 383 g/mol. The number of aliphatic carboxylic acids is 1. The van der Waals surface area contributed by atoms with E-state index in [4.69, 9.17) is 14.6 Å². The maximum Gasteiger partial charge on any atom is 0.303 e. The summed E-state index contributed by atoms with van der Waals surface area (Å²) in [6.07, 6.45) is 3.52. The number of carbonyl (C=O) groups is 2. The summed E-state index contributed by atoms with van der Waals surface area (Å²) < 4.78 is 11.5. The molecule has 0 aliphatic carbocycles. The fourth-order valence-electron chi connectivity index (χ4n) is 2.43. The quantitative estimate of drug-likeness (QED) is 0.457. The van der Waals surface area contributed by atoms with Gasteiger partial charge in [0.15, 0.2) is 11.5 Å². The van der Waals surface area contributed by atoms with Crippen molar-refractivity contribution in [1.29, 1.82) is 0 Å². The second-order valence-electron chi connectivity index (χ2n) is 6.04. The summed E-state index contributed by atoms with van der Waals surface area (Å²) >= 11 is 0. The molecule has 0 fully saturated rings. The minimum Gasteiger partial charge on any atom is -0.490 e. The van der Waals surface area contributed by atoms with Gasteiger partial charge >= 0.3 is 5.97 Å². The summed E-state index contributed by atoms with van der Waals surface area (Å²) in [7, 11) is 0. The monoisotopic (exact) mass is 383 g/mol. The zero-order valence-corrected chi connectivity index (χ0v) is 15.9. The summed E-state index contributed by atoms with van der Waals surface area (Å²) in [5.41, 5.74) is 1.87. The Bertz CT molecular complexity index is 802. The molecule has 2 aromatic carbocycles. The number of carbonyl (C=O) groups excluding carboxylic acids is 1. The van der Waals surface area contributed by atoms with Gasteiger partial charge < -0.3 is 19.9 Å². The van der Waals surface area contributed by atoms with Gasteiger partial charge in [-0.3, -0.25) is 9.59 Å². The van der Waals surface area contributed by atoms with Crippen LogP contribution >= 0.6 is 0 Å². The van der Waals surface area contributed by atoms with E-state index in [9.17, 15) is 9.59 Å². The maximum absolute atomic E-state index is 11.8. The van der Waals surface area contributed by atoms with Crippen LogP contribution in [0.4, 0.5) is 0 Å². The smallest absolute Gasteiger partial charge is 0.303 e. The lowest BCUT2D eigenvalue weighted by Gasteiger charge is -2.12. The molecule has 0 aliphatic heterocycles. The Balaban J connectivity index is 1.94. The minimum atomic E-state index is -0.872. The Morgan fingerprint density at radius 1 is 1.07 bits per heavy atom. The number of amides is 1. The van der Waals surface area contributed by atoms with E-state index in [1.807, 2.05) is 55.5 Å². The van der Waals surface area contributed by atoms with Crippen LogP contribution in [0, 0.1) is 0 Å². The number of carboxylic acid groups (broad SMARTS) is 1. The van der Waals surface area contributed by atoms with Crippen molar-refractivity contribution in [1.82, 2.24) is 5.32 Å². The standard InChI is InChI=1S/C22H25NO5/c1-2-27-20-15-17(11-13-21(24)23-14-6-9-22(25)26)10-12-19(20)28-16-18-7-4-3-5-8-18/h3-5,7-8,10-13,15H,2,6,9,14,16H2,1H3,(H,23,24)(H,25,26)/b13-11+. The first kappa shape index (κ1) is 21.0. The lowest BCUT2D eigenvalue weighted by Crippen LogP contribution is -2.22. The molecule has 28 heavy (non-hydrogen) atoms. The van der Waals surface area contributed by atoms with Gasteiger partial charge in [-0.05, 0) is 42.7 Å². The highest BCUT2D eigenvalue weighted by Crippen LogP contribution is 2.29. The summed E-state index contributed by atoms with van der Waals surface area (Å²) in [6, 6.07) is 15.3. The van der Waals surface area contributed by atoms with Crippen molar-refractivity contribution in [2.24, 2.45) is 0 Å². The molecule has 6 nitrogen and oxygen atoms in total. The van der Waals surface area contributed by atoms with E-state index in [2.05, 4.69) is 5.32 Å². The topological polar surface area (TPSA) is 84.9 Å². The lowest BCUT2D eigenvalue weighted by atomic mass is 10.2. The molecule has 0 aliphatic rings. The molecule has 0 aromatic heterocycles. The van der Waals surface area contributed by atoms with E-state index >= 15 is 0 Å². The van der Waals surface area contributed by atoms with Gasteiger partial charge in [-0.2, -0.15) is 0 Å². The fraction of sp³-hybridized carbons (Fsp3) is 0.273. The zero-order chi connectivity index (χ0) is 20.2. The van der Waals surface area contributed by atoms with E-state index < -0.39 is 5.97 Å². The van der Waals surface area contributed by atoms with Crippen molar-refractivity contribution in [3.05, 3.63) is 65.7 Å². The van der Waals surface area contributed by atoms with Gasteiger partial charge in [-0.1, -0.05) is 36.4 Å². The van der Waals surface area contributed by atoms with E-state index in [0.29, 0.717) is 37.7 Å². The first-order valence-electron chi connectivity index (χ1n) is 9.19. The Morgan fingerprint density at radius 3 is 2.57 bits per heavy atom. The van der Waals surface area contributed by atoms with Crippen LogP contribution in [0.25, 0.3) is 6.08 Å². The molecule has 2 N–H and O–H groups in total. The largest absolute Gasteiger partial charge is 0.490 e. The maximum atomic E-state index is 11.8. The van der Waals surface area contributed by atoms with Gasteiger partial charge in [0.1, 0.15) is 6.61 Å². The lowest BCUT2D eigenvalue weighted by molar-refractivity contribution is -0.137. The predicted molar refractivity (Wildman–Crippen MR) is 107 cm³/mol. The Labute approximate surface area is 164 Å². The van der Waals surface area contributed by atoms with Gasteiger partial charge in [0.2, 0.25) is 5.91 Å². The Kier molecular flexibility index (Phi) is 8.59. The molecule has 0 heterocycles. The number of hydrogen-bond acceptors (Lipinski definition) is 4. The molecule has 2 rings (SSSR count). The highest BCUT2D eigenvalue weighted by atomic mass is 16.5. The first-order valence-corrected chi connectivity index (χ1v) is 9.19. The molecular weight excluding hydrogens is 358 g/mol. The Hall–Kier alpha value is -3.28. The van der Waals surface area contributed by atoms with Gasteiger partial charge in [0.25, 0.3) is 0 Å². The third-order valence-corrected chi connectivity index (χ3v) is 3.80. The molecule has 0 atom stereocenters. The number of ether oxygens (including phenoxy) is 2. The predicted octanol–water partition coefficient (Wildman–Crippen LogP) is 3.66. The molecular formula is C22H25NO5. The second-order valence-corrected chi connectivity index (χ2v) is 6.04. The van der Waals surface area contributed by atoms with Crippen molar-refractivity contribution in [3.63, 3.8) is 0 Å². The van der Waals surface area contributed by atoms with Crippen LogP contribution in [-0.2, 0) is 16.2 Å². The molecule has 0 spiro atoms. The van der Waals surface area contributed by atoms with Crippen LogP contribution in [0.5, 0.6) is 11.5 Å². The van der Waals surface area contributed by atoms with Crippen LogP contribution in [0.15, 0.2) is 54.6 Å². The molecule has 0 bridgehead atoms. The van der Waals surface area contributed by atoms with Crippen LogP contribution in [-0.4, -0.2) is 30.1 Å². The van der Waals surface area contributed by atoms with Crippen LogP contribution in [0.3, 0.4) is 0 Å². The molecule has 0 unspecified atom stereocenters. The van der Waals surface area contributed by atoms with Crippen molar-refractivity contribution >= 4 is 18.0 Å². The zero-order valence-electron chi connectivity index (χ0n) is 15.9. The normalized spacial score (nSPS) is 10.6. The summed E-state index contributed by atoms with van der Waals surface area (Å²) in [6.45, 7) is 3.16. The molecule has 0 radical (unpaired) electrons. The summed E-state index contributed by atoms with van der Waals surface area (Å²) in [5.74, 6) is 0.110. The molecule has 1 amide bonds. The highest BCUT2D eigenvalue weighted by molar-refractivity contribution is 5.91. The van der Waals surface area contributed by atoms with E-state index in [0.717, 1.165) is 11.1 Å². The highest BCUT2D eigenvalue weighted by Gasteiger charge is 2.06. The first-order chi connectivity index (χ1) is 13.6. The van der Waals surface area contributed by atoms with Gasteiger partial charge in [-0.15, -0.1) is 0 Å². The molecule has 148 valence electrons. The SMILES string of the molecule is CCOc1cc(/C=C/C(=O)NCCCC(=O)O)ccc1OCc1ccccc1. The van der Waals surface area contributed by atoms with Crippen molar-refractivity contribution in [3.8, 4) is 11.5 Å². The van der Waals surface area contributed by atoms with Crippen molar-refractivity contribution in [2.75, 3.05) is 13.2 Å². The van der Waals surface area contributed by atoms with Crippen molar-refractivity contribution in [2.45, 2.75) is 26.4 Å². The third kappa shape index (κ3) is 7.53.